The zero-order valence-corrected chi connectivity index (χ0v) is 8.91. The number of hydrogen-bond acceptors (Lipinski definition) is 3. The van der Waals surface area contributed by atoms with Gasteiger partial charge in [0.1, 0.15) is 0 Å². The first-order chi connectivity index (χ1) is 6.70. The van der Waals surface area contributed by atoms with Crippen LogP contribution in [-0.4, -0.2) is 31.6 Å². The second-order valence-electron chi connectivity index (χ2n) is 3.01. The molecule has 0 spiro atoms. The molecule has 1 atom stereocenters. The molecule has 0 aromatic carbocycles. The number of carboxylic acid groups (broad SMARTS) is 1. The van der Waals surface area contributed by atoms with Crippen LogP contribution in [0.4, 0.5) is 0 Å². The molecule has 0 aliphatic heterocycles. The Morgan fingerprint density at radius 2 is 2.50 bits per heavy atom. The highest BCUT2D eigenvalue weighted by Crippen LogP contribution is 2.11. The molecule has 0 aliphatic carbocycles. The number of aryl methyl sites for hydroxylation is 1. The Balaban J connectivity index is 2.08. The lowest BCUT2D eigenvalue weighted by Crippen LogP contribution is -2.12. The van der Waals surface area contributed by atoms with Crippen molar-refractivity contribution in [2.45, 2.75) is 25.1 Å². The minimum atomic E-state index is -0.738. The zero-order chi connectivity index (χ0) is 10.4. The van der Waals surface area contributed by atoms with Crippen molar-refractivity contribution in [1.82, 2.24) is 9.55 Å². The largest absolute Gasteiger partial charge is 0.480 e. The summed E-state index contributed by atoms with van der Waals surface area (Å²) in [5.41, 5.74) is 0. The molecule has 14 heavy (non-hydrogen) atoms. The Morgan fingerprint density at radius 1 is 1.71 bits per heavy atom. The summed E-state index contributed by atoms with van der Waals surface area (Å²) in [5.74, 6) is 0.128. The summed E-state index contributed by atoms with van der Waals surface area (Å²) in [6.45, 7) is 2.61. The number of thioether (sulfide) groups is 1. The lowest BCUT2D eigenvalue weighted by molar-refractivity contribution is -0.136. The fourth-order valence-electron chi connectivity index (χ4n) is 0.998. The van der Waals surface area contributed by atoms with Crippen molar-refractivity contribution in [1.29, 1.82) is 0 Å². The molecule has 0 bridgehead atoms. The summed E-state index contributed by atoms with van der Waals surface area (Å²) in [6.07, 6.45) is 6.39. The highest BCUT2D eigenvalue weighted by atomic mass is 32.2. The normalized spacial score (nSPS) is 12.6. The molecule has 5 heteroatoms. The summed E-state index contributed by atoms with van der Waals surface area (Å²) in [7, 11) is 0. The van der Waals surface area contributed by atoms with Crippen molar-refractivity contribution >= 4 is 17.7 Å². The molecule has 1 aromatic rings. The average molecular weight is 214 g/mol. The van der Waals surface area contributed by atoms with Crippen LogP contribution in [0.2, 0.25) is 0 Å². The summed E-state index contributed by atoms with van der Waals surface area (Å²) in [4.78, 5) is 14.4. The molecule has 0 saturated carbocycles. The standard InChI is InChI=1S/C9H14N2O2S/c1-8(9(12)13)14-6-2-4-11-5-3-10-7-11/h3,5,7-8H,2,4,6H2,1H3,(H,12,13). The first-order valence-electron chi connectivity index (χ1n) is 4.50. The van der Waals surface area contributed by atoms with E-state index in [1.807, 2.05) is 10.8 Å². The fourth-order valence-corrected chi connectivity index (χ4v) is 1.79. The number of carboxylic acids is 1. The van der Waals surface area contributed by atoms with Crippen molar-refractivity contribution in [3.05, 3.63) is 18.7 Å². The highest BCUT2D eigenvalue weighted by Gasteiger charge is 2.09. The van der Waals surface area contributed by atoms with E-state index in [0.717, 1.165) is 18.7 Å². The highest BCUT2D eigenvalue weighted by molar-refractivity contribution is 8.00. The number of hydrogen-bond donors (Lipinski definition) is 1. The van der Waals surface area contributed by atoms with E-state index in [2.05, 4.69) is 4.98 Å². The van der Waals surface area contributed by atoms with Crippen LogP contribution < -0.4 is 0 Å². The van der Waals surface area contributed by atoms with Gasteiger partial charge in [-0.3, -0.25) is 4.79 Å². The van der Waals surface area contributed by atoms with Gasteiger partial charge in [0.2, 0.25) is 0 Å². The van der Waals surface area contributed by atoms with Gasteiger partial charge in [-0.05, 0) is 19.1 Å². The monoisotopic (exact) mass is 214 g/mol. The predicted molar refractivity (Wildman–Crippen MR) is 56.4 cm³/mol. The van der Waals surface area contributed by atoms with Crippen molar-refractivity contribution in [3.8, 4) is 0 Å². The zero-order valence-electron chi connectivity index (χ0n) is 8.09. The van der Waals surface area contributed by atoms with Crippen LogP contribution in [0, 0.1) is 0 Å². The number of carbonyl (C=O) groups is 1. The molecule has 0 amide bonds. The summed E-state index contributed by atoms with van der Waals surface area (Å²) >= 11 is 1.47. The third-order valence-electron chi connectivity index (χ3n) is 1.84. The molecule has 1 N–H and O–H groups in total. The van der Waals surface area contributed by atoms with E-state index in [1.54, 1.807) is 19.4 Å². The van der Waals surface area contributed by atoms with Crippen LogP contribution in [0.15, 0.2) is 18.7 Å². The quantitative estimate of drug-likeness (QED) is 0.729. The van der Waals surface area contributed by atoms with Crippen LogP contribution >= 0.6 is 11.8 Å². The summed E-state index contributed by atoms with van der Waals surface area (Å²) in [6, 6.07) is 0. The molecule has 78 valence electrons. The second-order valence-corrected chi connectivity index (χ2v) is 4.45. The number of imidazole rings is 1. The van der Waals surface area contributed by atoms with Crippen molar-refractivity contribution in [2.24, 2.45) is 0 Å². The second kappa shape index (κ2) is 5.70. The predicted octanol–water partition coefficient (Wildman–Crippen LogP) is 1.48. The number of nitrogens with zero attached hydrogens (tertiary/aromatic N) is 2. The van der Waals surface area contributed by atoms with Gasteiger partial charge in [-0.1, -0.05) is 0 Å². The van der Waals surface area contributed by atoms with Gasteiger partial charge < -0.3 is 9.67 Å². The van der Waals surface area contributed by atoms with Crippen LogP contribution in [0.5, 0.6) is 0 Å². The number of aliphatic carboxylic acids is 1. The first kappa shape index (κ1) is 11.1. The van der Waals surface area contributed by atoms with E-state index in [-0.39, 0.29) is 5.25 Å². The van der Waals surface area contributed by atoms with Crippen LogP contribution in [-0.2, 0) is 11.3 Å². The van der Waals surface area contributed by atoms with Crippen LogP contribution in [0.25, 0.3) is 0 Å². The van der Waals surface area contributed by atoms with Crippen LogP contribution in [0.1, 0.15) is 13.3 Å². The minimum absolute atomic E-state index is 0.308. The van der Waals surface area contributed by atoms with Gasteiger partial charge >= 0.3 is 5.97 Å². The van der Waals surface area contributed by atoms with E-state index < -0.39 is 5.97 Å². The van der Waals surface area contributed by atoms with E-state index in [4.69, 9.17) is 5.11 Å². The lowest BCUT2D eigenvalue weighted by atomic mass is 10.5. The van der Waals surface area contributed by atoms with E-state index >= 15 is 0 Å². The Bertz CT molecular complexity index is 274. The Labute approximate surface area is 87.3 Å². The third-order valence-corrected chi connectivity index (χ3v) is 3.06. The first-order valence-corrected chi connectivity index (χ1v) is 5.55. The topological polar surface area (TPSA) is 55.1 Å². The van der Waals surface area contributed by atoms with E-state index in [0.29, 0.717) is 0 Å². The maximum Gasteiger partial charge on any atom is 0.316 e. The van der Waals surface area contributed by atoms with Gasteiger partial charge in [0, 0.05) is 18.9 Å². The maximum absolute atomic E-state index is 10.5. The molecule has 1 aromatic heterocycles. The molecule has 1 heterocycles. The number of aromatic nitrogens is 2. The molecule has 0 radical (unpaired) electrons. The van der Waals surface area contributed by atoms with Crippen molar-refractivity contribution in [2.75, 3.05) is 5.75 Å². The van der Waals surface area contributed by atoms with Crippen molar-refractivity contribution in [3.63, 3.8) is 0 Å². The number of rotatable bonds is 6. The SMILES string of the molecule is CC(SCCCn1ccnc1)C(=O)O. The van der Waals surface area contributed by atoms with Gasteiger partial charge in [0.15, 0.2) is 0 Å². The molecule has 0 saturated heterocycles. The van der Waals surface area contributed by atoms with E-state index in [9.17, 15) is 4.79 Å². The summed E-state index contributed by atoms with van der Waals surface area (Å²) in [5, 5.41) is 8.32. The Kier molecular flexibility index (Phi) is 4.52. The summed E-state index contributed by atoms with van der Waals surface area (Å²) < 4.78 is 1.99. The van der Waals surface area contributed by atoms with Crippen LogP contribution in [0.3, 0.4) is 0 Å². The minimum Gasteiger partial charge on any atom is -0.480 e. The maximum atomic E-state index is 10.5. The van der Waals surface area contributed by atoms with Gasteiger partial charge in [0.25, 0.3) is 0 Å². The van der Waals surface area contributed by atoms with Crippen molar-refractivity contribution < 1.29 is 9.90 Å². The van der Waals surface area contributed by atoms with Gasteiger partial charge in [-0.2, -0.15) is 0 Å². The van der Waals surface area contributed by atoms with E-state index in [1.165, 1.54) is 11.8 Å². The molecular weight excluding hydrogens is 200 g/mol. The molecule has 1 unspecified atom stereocenters. The molecule has 1 rings (SSSR count). The molecule has 0 fully saturated rings. The van der Waals surface area contributed by atoms with Gasteiger partial charge in [0.05, 0.1) is 11.6 Å². The molecular formula is C9H14N2O2S. The average Bonchev–Trinajstić information content (AvgIpc) is 2.64. The molecule has 0 aliphatic rings. The fraction of sp³-hybridized carbons (Fsp3) is 0.556. The smallest absolute Gasteiger partial charge is 0.316 e. The Hall–Kier alpha value is -0.970. The van der Waals surface area contributed by atoms with Gasteiger partial charge in [-0.25, -0.2) is 4.98 Å². The molecule has 4 nitrogen and oxygen atoms in total. The van der Waals surface area contributed by atoms with Gasteiger partial charge in [-0.15, -0.1) is 11.8 Å². The third kappa shape index (κ3) is 3.83. The lowest BCUT2D eigenvalue weighted by Gasteiger charge is -2.05. The Morgan fingerprint density at radius 3 is 3.07 bits per heavy atom.